The number of hydrogen-bond donors (Lipinski definition) is 1. The second-order valence-corrected chi connectivity index (χ2v) is 6.62. The van der Waals surface area contributed by atoms with E-state index >= 15 is 0 Å². The van der Waals surface area contributed by atoms with Gasteiger partial charge in [0.05, 0.1) is 17.0 Å². The van der Waals surface area contributed by atoms with Crippen LogP contribution in [0.4, 0.5) is 0 Å². The maximum Gasteiger partial charge on any atom is 0.150 e. The molecule has 0 aliphatic heterocycles. The molecule has 0 aromatic carbocycles. The maximum absolute atomic E-state index is 10.5. The Bertz CT molecular complexity index is 530. The summed E-state index contributed by atoms with van der Waals surface area (Å²) in [6.45, 7) is 4.28. The second-order valence-electron chi connectivity index (χ2n) is 5.67. The van der Waals surface area contributed by atoms with Crippen LogP contribution in [0.15, 0.2) is 29.9 Å². The van der Waals surface area contributed by atoms with Crippen LogP contribution in [0.3, 0.4) is 0 Å². The molecule has 2 atom stereocenters. The van der Waals surface area contributed by atoms with Crippen molar-refractivity contribution in [3.8, 4) is 10.7 Å². The van der Waals surface area contributed by atoms with E-state index in [1.807, 2.05) is 18.5 Å². The van der Waals surface area contributed by atoms with E-state index in [2.05, 4.69) is 34.8 Å². The third-order valence-electron chi connectivity index (χ3n) is 4.02. The van der Waals surface area contributed by atoms with Gasteiger partial charge in [0.15, 0.2) is 0 Å². The lowest BCUT2D eigenvalue weighted by atomic mass is 9.89. The third kappa shape index (κ3) is 1.80. The van der Waals surface area contributed by atoms with Gasteiger partial charge in [-0.3, -0.25) is 0 Å². The van der Waals surface area contributed by atoms with Crippen LogP contribution < -0.4 is 0 Å². The van der Waals surface area contributed by atoms with Gasteiger partial charge in [-0.25, -0.2) is 4.98 Å². The molecular weight excluding hydrogens is 244 g/mol. The molecule has 2 heterocycles. The minimum atomic E-state index is -0.301. The summed E-state index contributed by atoms with van der Waals surface area (Å²) < 4.78 is 2.14. The van der Waals surface area contributed by atoms with Crippen LogP contribution >= 0.6 is 11.3 Å². The summed E-state index contributed by atoms with van der Waals surface area (Å²) in [5.74, 6) is 0.978. The van der Waals surface area contributed by atoms with Gasteiger partial charge >= 0.3 is 0 Å². The average molecular weight is 262 g/mol. The van der Waals surface area contributed by atoms with Crippen molar-refractivity contribution < 1.29 is 5.11 Å². The largest absolute Gasteiger partial charge is 0.390 e. The Morgan fingerprint density at radius 3 is 2.94 bits per heavy atom. The molecule has 0 spiro atoms. The van der Waals surface area contributed by atoms with Crippen molar-refractivity contribution in [2.24, 2.45) is 5.41 Å². The Morgan fingerprint density at radius 1 is 1.50 bits per heavy atom. The fraction of sp³-hybridized carbons (Fsp3) is 0.500. The normalized spacial score (nSPS) is 26.6. The molecule has 3 nitrogen and oxygen atoms in total. The van der Waals surface area contributed by atoms with Gasteiger partial charge in [0.25, 0.3) is 0 Å². The molecule has 0 radical (unpaired) electrons. The predicted octanol–water partition coefficient (Wildman–Crippen LogP) is 3.33. The number of hydrogen-bond acceptors (Lipinski definition) is 3. The Labute approximate surface area is 111 Å². The zero-order valence-electron chi connectivity index (χ0n) is 10.7. The van der Waals surface area contributed by atoms with Gasteiger partial charge in [-0.2, -0.15) is 0 Å². The van der Waals surface area contributed by atoms with E-state index in [0.717, 1.165) is 23.5 Å². The van der Waals surface area contributed by atoms with Crippen molar-refractivity contribution in [3.63, 3.8) is 0 Å². The smallest absolute Gasteiger partial charge is 0.150 e. The first kappa shape index (κ1) is 11.9. The van der Waals surface area contributed by atoms with Gasteiger partial charge in [-0.05, 0) is 29.7 Å². The molecule has 0 saturated heterocycles. The first-order chi connectivity index (χ1) is 8.59. The topological polar surface area (TPSA) is 38.0 Å². The van der Waals surface area contributed by atoms with E-state index in [4.69, 9.17) is 0 Å². The Balaban J connectivity index is 1.97. The molecule has 0 bridgehead atoms. The van der Waals surface area contributed by atoms with Gasteiger partial charge in [-0.15, -0.1) is 11.3 Å². The van der Waals surface area contributed by atoms with Crippen LogP contribution in [0.25, 0.3) is 10.7 Å². The fourth-order valence-electron chi connectivity index (χ4n) is 2.81. The van der Waals surface area contributed by atoms with E-state index in [9.17, 15) is 5.11 Å². The number of thiophene rings is 1. The molecule has 18 heavy (non-hydrogen) atoms. The van der Waals surface area contributed by atoms with Crippen molar-refractivity contribution in [1.82, 2.24) is 9.55 Å². The summed E-state index contributed by atoms with van der Waals surface area (Å²) in [7, 11) is 0. The molecule has 4 heteroatoms. The molecule has 2 unspecified atom stereocenters. The summed E-state index contributed by atoms with van der Waals surface area (Å²) in [5.41, 5.74) is 0.00164. The van der Waals surface area contributed by atoms with Crippen molar-refractivity contribution in [2.45, 2.75) is 38.8 Å². The second kappa shape index (κ2) is 4.21. The zero-order valence-corrected chi connectivity index (χ0v) is 11.5. The highest BCUT2D eigenvalue weighted by atomic mass is 32.1. The molecule has 1 saturated carbocycles. The molecule has 2 aromatic heterocycles. The van der Waals surface area contributed by atoms with Crippen LogP contribution in [-0.2, 0) is 0 Å². The van der Waals surface area contributed by atoms with Crippen LogP contribution in [-0.4, -0.2) is 20.8 Å². The number of imidazole rings is 1. The molecule has 96 valence electrons. The zero-order chi connectivity index (χ0) is 12.8. The lowest BCUT2D eigenvalue weighted by Gasteiger charge is -2.26. The Hall–Kier alpha value is -1.13. The first-order valence-electron chi connectivity index (χ1n) is 6.34. The molecule has 1 N–H and O–H groups in total. The van der Waals surface area contributed by atoms with E-state index in [0.29, 0.717) is 0 Å². The summed E-state index contributed by atoms with van der Waals surface area (Å²) >= 11 is 1.69. The Morgan fingerprint density at radius 2 is 2.33 bits per heavy atom. The number of aromatic nitrogens is 2. The highest BCUT2D eigenvalue weighted by molar-refractivity contribution is 7.13. The monoisotopic (exact) mass is 262 g/mol. The van der Waals surface area contributed by atoms with Gasteiger partial charge in [0.1, 0.15) is 5.82 Å². The molecular formula is C14H18N2OS. The fourth-order valence-corrected chi connectivity index (χ4v) is 3.54. The van der Waals surface area contributed by atoms with Crippen molar-refractivity contribution in [3.05, 3.63) is 29.9 Å². The van der Waals surface area contributed by atoms with Gasteiger partial charge in [0.2, 0.25) is 0 Å². The van der Waals surface area contributed by atoms with E-state index in [-0.39, 0.29) is 17.6 Å². The van der Waals surface area contributed by atoms with Crippen LogP contribution in [0.5, 0.6) is 0 Å². The summed E-state index contributed by atoms with van der Waals surface area (Å²) in [4.78, 5) is 5.61. The number of aliphatic hydroxyl groups excluding tert-OH is 1. The van der Waals surface area contributed by atoms with E-state index < -0.39 is 0 Å². The van der Waals surface area contributed by atoms with Gasteiger partial charge < -0.3 is 9.67 Å². The standard InChI is InChI=1S/C14H18N2OS/c1-14(2)6-5-10(12(14)17)16-8-7-15-13(16)11-4-3-9-18-11/h3-4,7-10,12,17H,5-6H2,1-2H3. The SMILES string of the molecule is CC1(C)CCC(n2ccnc2-c2cccs2)C1O. The summed E-state index contributed by atoms with van der Waals surface area (Å²) in [6.07, 6.45) is 5.59. The maximum atomic E-state index is 10.5. The first-order valence-corrected chi connectivity index (χ1v) is 7.22. The lowest BCUT2D eigenvalue weighted by molar-refractivity contribution is 0.0502. The average Bonchev–Trinajstić information content (AvgIpc) is 3.01. The minimum Gasteiger partial charge on any atom is -0.390 e. The Kier molecular flexibility index (Phi) is 2.79. The quantitative estimate of drug-likeness (QED) is 0.901. The molecule has 1 fully saturated rings. The lowest BCUT2D eigenvalue weighted by Crippen LogP contribution is -2.29. The highest BCUT2D eigenvalue weighted by Crippen LogP contribution is 2.45. The predicted molar refractivity (Wildman–Crippen MR) is 73.6 cm³/mol. The summed E-state index contributed by atoms with van der Waals surface area (Å²) in [6, 6.07) is 4.27. The minimum absolute atomic E-state index is 0.00164. The van der Waals surface area contributed by atoms with Crippen molar-refractivity contribution in [1.29, 1.82) is 0 Å². The number of aliphatic hydroxyl groups is 1. The van der Waals surface area contributed by atoms with Crippen molar-refractivity contribution in [2.75, 3.05) is 0 Å². The van der Waals surface area contributed by atoms with Crippen molar-refractivity contribution >= 4 is 11.3 Å². The van der Waals surface area contributed by atoms with Gasteiger partial charge in [-0.1, -0.05) is 19.9 Å². The van der Waals surface area contributed by atoms with Crippen LogP contribution in [0, 0.1) is 5.41 Å². The molecule has 1 aliphatic carbocycles. The number of nitrogens with zero attached hydrogens (tertiary/aromatic N) is 2. The number of rotatable bonds is 2. The van der Waals surface area contributed by atoms with E-state index in [1.54, 1.807) is 11.3 Å². The summed E-state index contributed by atoms with van der Waals surface area (Å²) in [5, 5.41) is 12.5. The molecule has 1 aliphatic rings. The molecule has 3 rings (SSSR count). The molecule has 0 amide bonds. The van der Waals surface area contributed by atoms with E-state index in [1.165, 1.54) is 0 Å². The highest BCUT2D eigenvalue weighted by Gasteiger charge is 2.42. The van der Waals surface area contributed by atoms with Crippen LogP contribution in [0.1, 0.15) is 32.7 Å². The third-order valence-corrected chi connectivity index (χ3v) is 4.88. The molecule has 2 aromatic rings. The van der Waals surface area contributed by atoms with Crippen LogP contribution in [0.2, 0.25) is 0 Å². The van der Waals surface area contributed by atoms with Gasteiger partial charge in [0, 0.05) is 12.4 Å².